The fourth-order valence-electron chi connectivity index (χ4n) is 0. The van der Waals surface area contributed by atoms with E-state index in [2.05, 4.69) is 0 Å². The maximum atomic E-state index is 8.25. The normalized spacial score (nSPS) is 4.50. The SMILES string of the molecule is CO.O.O=[N+]([O-])[O-].O=[N+]([O-])[O-].[Ca+2]. The van der Waals surface area contributed by atoms with Crippen LogP contribution in [0.5, 0.6) is 0 Å². The Labute approximate surface area is 95.9 Å². The third kappa shape index (κ3) is 3990. The van der Waals surface area contributed by atoms with Crippen molar-refractivity contribution in [2.45, 2.75) is 0 Å². The first kappa shape index (κ1) is 29.9. The van der Waals surface area contributed by atoms with E-state index >= 15 is 0 Å². The first-order chi connectivity index (χ1) is 4.46. The standard InChI is InChI=1S/CH4O.Ca.2NO3.H2O/c1-2;;2*2-1(3)4;/h2H,1H3;;;;1H2/q;+2;2*-1;. The Morgan fingerprint density at radius 2 is 0.917 bits per heavy atom. The van der Waals surface area contributed by atoms with Crippen molar-refractivity contribution in [2.24, 2.45) is 0 Å². The summed E-state index contributed by atoms with van der Waals surface area (Å²) in [5, 5.41) is 36.5. The summed E-state index contributed by atoms with van der Waals surface area (Å²) in [6.07, 6.45) is 0. The average molecular weight is 214 g/mol. The smallest absolute Gasteiger partial charge is 0.412 e. The molecule has 3 N–H and O–H groups in total. The van der Waals surface area contributed by atoms with Crippen LogP contribution in [0.4, 0.5) is 0 Å². The summed E-state index contributed by atoms with van der Waals surface area (Å²) < 4.78 is 0. The summed E-state index contributed by atoms with van der Waals surface area (Å²) in [4.78, 5) is 16.5. The third-order valence-corrected chi connectivity index (χ3v) is 0. The second-order valence-corrected chi connectivity index (χ2v) is 0.447. The Morgan fingerprint density at radius 1 is 0.917 bits per heavy atom. The zero-order chi connectivity index (χ0) is 9.15. The first-order valence-electron chi connectivity index (χ1n) is 1.54. The van der Waals surface area contributed by atoms with Crippen LogP contribution in [-0.4, -0.2) is 65.6 Å². The molecule has 0 aliphatic carbocycles. The van der Waals surface area contributed by atoms with Crippen molar-refractivity contribution in [3.63, 3.8) is 0 Å². The van der Waals surface area contributed by atoms with E-state index in [1.807, 2.05) is 0 Å². The van der Waals surface area contributed by atoms with Gasteiger partial charge in [0.1, 0.15) is 0 Å². The molecule has 0 saturated heterocycles. The molecule has 0 heterocycles. The van der Waals surface area contributed by atoms with E-state index in [4.69, 9.17) is 35.7 Å². The van der Waals surface area contributed by atoms with Gasteiger partial charge in [-0.1, -0.05) is 0 Å². The number of hydrogen-bond donors (Lipinski definition) is 1. The molecule has 70 valence electrons. The van der Waals surface area contributed by atoms with Crippen LogP contribution in [-0.2, 0) is 0 Å². The van der Waals surface area contributed by atoms with Gasteiger partial charge in [0.05, 0.1) is 10.2 Å². The van der Waals surface area contributed by atoms with Gasteiger partial charge in [0, 0.05) is 7.11 Å². The van der Waals surface area contributed by atoms with Crippen LogP contribution >= 0.6 is 0 Å². The molecule has 0 aromatic rings. The summed E-state index contributed by atoms with van der Waals surface area (Å²) in [6, 6.07) is 0. The van der Waals surface area contributed by atoms with Gasteiger partial charge in [0.25, 0.3) is 0 Å². The molecule has 10 nitrogen and oxygen atoms in total. The maximum Gasteiger partial charge on any atom is 2.00 e. The van der Waals surface area contributed by atoms with Gasteiger partial charge in [-0.2, -0.15) is 0 Å². The van der Waals surface area contributed by atoms with Crippen molar-refractivity contribution in [2.75, 3.05) is 7.11 Å². The first-order valence-corrected chi connectivity index (χ1v) is 1.54. The topological polar surface area (TPSA) is 184 Å². The number of hydrogen-bond acceptors (Lipinski definition) is 7. The molecule has 0 saturated carbocycles. The minimum absolute atomic E-state index is 0. The second kappa shape index (κ2) is 31.2. The van der Waals surface area contributed by atoms with Crippen molar-refractivity contribution in [1.82, 2.24) is 0 Å². The van der Waals surface area contributed by atoms with E-state index in [-0.39, 0.29) is 43.2 Å². The summed E-state index contributed by atoms with van der Waals surface area (Å²) in [6.45, 7) is 0. The maximum absolute atomic E-state index is 8.25. The largest absolute Gasteiger partial charge is 2.00 e. The molecule has 0 aliphatic rings. The Morgan fingerprint density at radius 3 is 0.917 bits per heavy atom. The molecule has 0 atom stereocenters. The van der Waals surface area contributed by atoms with Crippen molar-refractivity contribution in [3.8, 4) is 0 Å². The molecule has 0 amide bonds. The van der Waals surface area contributed by atoms with Gasteiger partial charge in [-0.15, -0.1) is 0 Å². The molecule has 0 aromatic carbocycles. The fourth-order valence-corrected chi connectivity index (χ4v) is 0. The van der Waals surface area contributed by atoms with Gasteiger partial charge in [-0.3, -0.25) is 0 Å². The fraction of sp³-hybridized carbons (Fsp3) is 1.00. The molecule has 0 aromatic heterocycles. The van der Waals surface area contributed by atoms with Crippen LogP contribution in [0.1, 0.15) is 0 Å². The minimum atomic E-state index is -1.75. The predicted octanol–water partition coefficient (Wildman–Crippen LogP) is -2.08. The quantitative estimate of drug-likeness (QED) is 0.272. The Kier molecular flexibility index (Phi) is 77.8. The van der Waals surface area contributed by atoms with Crippen molar-refractivity contribution in [1.29, 1.82) is 0 Å². The van der Waals surface area contributed by atoms with E-state index in [1.54, 1.807) is 0 Å². The molecule has 11 heteroatoms. The van der Waals surface area contributed by atoms with Gasteiger partial charge >= 0.3 is 37.7 Å². The minimum Gasteiger partial charge on any atom is -0.412 e. The van der Waals surface area contributed by atoms with E-state index in [0.29, 0.717) is 0 Å². The van der Waals surface area contributed by atoms with E-state index in [1.165, 1.54) is 0 Å². The van der Waals surface area contributed by atoms with Gasteiger partial charge < -0.3 is 41.2 Å². The van der Waals surface area contributed by atoms with E-state index in [0.717, 1.165) is 7.11 Å². The van der Waals surface area contributed by atoms with Gasteiger partial charge in [-0.05, 0) is 0 Å². The molecule has 0 bridgehead atoms. The molecule has 0 aliphatic heterocycles. The van der Waals surface area contributed by atoms with Gasteiger partial charge in [0.2, 0.25) is 0 Å². The van der Waals surface area contributed by atoms with Crippen molar-refractivity contribution < 1.29 is 20.8 Å². The van der Waals surface area contributed by atoms with E-state index < -0.39 is 10.2 Å². The summed E-state index contributed by atoms with van der Waals surface area (Å²) in [7, 11) is 1.00. The number of aliphatic hydroxyl groups is 1. The Bertz CT molecular complexity index is 75.1. The third-order valence-electron chi connectivity index (χ3n) is 0. The van der Waals surface area contributed by atoms with Gasteiger partial charge in [0.15, 0.2) is 0 Å². The predicted molar refractivity (Wildman–Crippen MR) is 38.2 cm³/mol. The van der Waals surface area contributed by atoms with Crippen LogP contribution < -0.4 is 0 Å². The molecule has 12 heavy (non-hydrogen) atoms. The number of nitrogens with zero attached hydrogens (tertiary/aromatic N) is 2. The Hall–Kier alpha value is -0.420. The zero-order valence-corrected chi connectivity index (χ0v) is 8.21. The molecule has 0 fully saturated rings. The molecule has 0 unspecified atom stereocenters. The van der Waals surface area contributed by atoms with Crippen LogP contribution in [0.25, 0.3) is 0 Å². The summed E-state index contributed by atoms with van der Waals surface area (Å²) >= 11 is 0. The van der Waals surface area contributed by atoms with Gasteiger partial charge in [-0.25, -0.2) is 0 Å². The van der Waals surface area contributed by atoms with Crippen molar-refractivity contribution in [3.05, 3.63) is 30.6 Å². The monoisotopic (exact) mass is 214 g/mol. The Balaban J connectivity index is -0.0000000198. The molecular weight excluding hydrogens is 208 g/mol. The van der Waals surface area contributed by atoms with Crippen LogP contribution in [0.15, 0.2) is 0 Å². The second-order valence-electron chi connectivity index (χ2n) is 0.447. The van der Waals surface area contributed by atoms with Crippen LogP contribution in [0, 0.1) is 30.6 Å². The average Bonchev–Trinajstić information content (AvgIpc) is 1.66. The van der Waals surface area contributed by atoms with Crippen LogP contribution in [0.2, 0.25) is 0 Å². The molecule has 0 radical (unpaired) electrons. The molecular formula is CH6CaN2O8. The number of rotatable bonds is 0. The summed E-state index contributed by atoms with van der Waals surface area (Å²) in [5.41, 5.74) is 0. The zero-order valence-electron chi connectivity index (χ0n) is 6.00. The summed E-state index contributed by atoms with van der Waals surface area (Å²) in [5.74, 6) is 0. The van der Waals surface area contributed by atoms with Crippen molar-refractivity contribution >= 4 is 37.7 Å². The molecule has 0 spiro atoms. The van der Waals surface area contributed by atoms with Crippen LogP contribution in [0.3, 0.4) is 0 Å². The number of aliphatic hydroxyl groups excluding tert-OH is 1. The van der Waals surface area contributed by atoms with E-state index in [9.17, 15) is 0 Å². The molecule has 0 rings (SSSR count).